The van der Waals surface area contributed by atoms with Crippen LogP contribution in [-0.4, -0.2) is 18.1 Å². The van der Waals surface area contributed by atoms with E-state index in [0.29, 0.717) is 0 Å². The molecule has 13 heavy (non-hydrogen) atoms. The number of H-pyrrole nitrogens is 1. The molecule has 0 unspecified atom stereocenters. The molecule has 0 aliphatic carbocycles. The summed E-state index contributed by atoms with van der Waals surface area (Å²) in [6.45, 7) is 8.86. The summed E-state index contributed by atoms with van der Waals surface area (Å²) in [6, 6.07) is 2.16. The van der Waals surface area contributed by atoms with Crippen LogP contribution in [0.4, 0.5) is 0 Å². The molecule has 74 valence electrons. The van der Waals surface area contributed by atoms with Crippen LogP contribution in [-0.2, 0) is 5.41 Å². The summed E-state index contributed by atoms with van der Waals surface area (Å²) in [6.07, 6.45) is 5.26. The van der Waals surface area contributed by atoms with Crippen molar-refractivity contribution in [2.75, 3.05) is 13.1 Å². The van der Waals surface area contributed by atoms with E-state index >= 15 is 0 Å². The van der Waals surface area contributed by atoms with E-state index in [9.17, 15) is 0 Å². The second-order valence-corrected chi connectivity index (χ2v) is 4.09. The number of hydrogen-bond donors (Lipinski definition) is 2. The average molecular weight is 180 g/mol. The van der Waals surface area contributed by atoms with Crippen molar-refractivity contribution in [2.24, 2.45) is 0 Å². The minimum atomic E-state index is 0.280. The van der Waals surface area contributed by atoms with Gasteiger partial charge in [0.05, 0.1) is 0 Å². The van der Waals surface area contributed by atoms with E-state index < -0.39 is 0 Å². The van der Waals surface area contributed by atoms with Crippen molar-refractivity contribution in [3.63, 3.8) is 0 Å². The van der Waals surface area contributed by atoms with Crippen LogP contribution in [0, 0.1) is 0 Å². The van der Waals surface area contributed by atoms with Gasteiger partial charge in [-0.25, -0.2) is 0 Å². The standard InChI is InChI=1S/C11H20N2/c1-4-12-8-6-11(2,3)10-5-7-13-9-10/h5,7,9,12-13H,4,6,8H2,1-3H3. The number of rotatable bonds is 5. The van der Waals surface area contributed by atoms with E-state index in [-0.39, 0.29) is 5.41 Å². The van der Waals surface area contributed by atoms with Gasteiger partial charge < -0.3 is 10.3 Å². The highest BCUT2D eigenvalue weighted by Gasteiger charge is 2.19. The van der Waals surface area contributed by atoms with Crippen LogP contribution in [0.15, 0.2) is 18.5 Å². The Balaban J connectivity index is 2.46. The van der Waals surface area contributed by atoms with Crippen molar-refractivity contribution in [1.82, 2.24) is 10.3 Å². The van der Waals surface area contributed by atoms with Crippen LogP contribution in [0.2, 0.25) is 0 Å². The lowest BCUT2D eigenvalue weighted by Gasteiger charge is -2.23. The fraction of sp³-hybridized carbons (Fsp3) is 0.636. The van der Waals surface area contributed by atoms with Gasteiger partial charge in [0, 0.05) is 12.4 Å². The van der Waals surface area contributed by atoms with Gasteiger partial charge in [-0.05, 0) is 36.6 Å². The summed E-state index contributed by atoms with van der Waals surface area (Å²) >= 11 is 0. The molecule has 1 rings (SSSR count). The van der Waals surface area contributed by atoms with E-state index in [1.54, 1.807) is 0 Å². The van der Waals surface area contributed by atoms with Crippen molar-refractivity contribution in [1.29, 1.82) is 0 Å². The highest BCUT2D eigenvalue weighted by molar-refractivity contribution is 5.19. The van der Waals surface area contributed by atoms with Crippen LogP contribution in [0.1, 0.15) is 32.8 Å². The summed E-state index contributed by atoms with van der Waals surface area (Å²) in [5, 5.41) is 3.36. The van der Waals surface area contributed by atoms with Crippen molar-refractivity contribution in [3.05, 3.63) is 24.0 Å². The molecule has 0 aromatic carbocycles. The number of hydrogen-bond acceptors (Lipinski definition) is 1. The van der Waals surface area contributed by atoms with Gasteiger partial charge in [0.2, 0.25) is 0 Å². The van der Waals surface area contributed by atoms with Gasteiger partial charge in [0.15, 0.2) is 0 Å². The highest BCUT2D eigenvalue weighted by atomic mass is 14.8. The van der Waals surface area contributed by atoms with Gasteiger partial charge in [0.1, 0.15) is 0 Å². The summed E-state index contributed by atoms with van der Waals surface area (Å²) in [5.74, 6) is 0. The molecule has 1 aromatic heterocycles. The molecule has 0 spiro atoms. The molecular weight excluding hydrogens is 160 g/mol. The fourth-order valence-electron chi connectivity index (χ4n) is 1.47. The maximum atomic E-state index is 3.36. The minimum Gasteiger partial charge on any atom is -0.367 e. The van der Waals surface area contributed by atoms with E-state index in [2.05, 4.69) is 43.3 Å². The van der Waals surface area contributed by atoms with Gasteiger partial charge in [0.25, 0.3) is 0 Å². The molecule has 1 heterocycles. The molecule has 0 aliphatic rings. The van der Waals surface area contributed by atoms with Crippen molar-refractivity contribution in [2.45, 2.75) is 32.6 Å². The lowest BCUT2D eigenvalue weighted by atomic mass is 9.83. The van der Waals surface area contributed by atoms with E-state index in [1.165, 1.54) is 12.0 Å². The summed E-state index contributed by atoms with van der Waals surface area (Å²) < 4.78 is 0. The first-order valence-electron chi connectivity index (χ1n) is 5.01. The van der Waals surface area contributed by atoms with Crippen LogP contribution < -0.4 is 5.32 Å². The molecule has 0 atom stereocenters. The smallest absolute Gasteiger partial charge is 0.00428 e. The zero-order valence-corrected chi connectivity index (χ0v) is 8.85. The van der Waals surface area contributed by atoms with Gasteiger partial charge in [-0.3, -0.25) is 0 Å². The Hall–Kier alpha value is -0.760. The predicted octanol–water partition coefficient (Wildman–Crippen LogP) is 2.29. The highest BCUT2D eigenvalue weighted by Crippen LogP contribution is 2.25. The minimum absolute atomic E-state index is 0.280. The first kappa shape index (κ1) is 10.3. The average Bonchev–Trinajstić information content (AvgIpc) is 2.56. The second-order valence-electron chi connectivity index (χ2n) is 4.09. The molecule has 2 heteroatoms. The monoisotopic (exact) mass is 180 g/mol. The van der Waals surface area contributed by atoms with Crippen LogP contribution in [0.3, 0.4) is 0 Å². The third-order valence-corrected chi connectivity index (χ3v) is 2.56. The zero-order chi connectivity index (χ0) is 9.73. The van der Waals surface area contributed by atoms with E-state index in [4.69, 9.17) is 0 Å². The Bertz CT molecular complexity index is 224. The molecule has 0 radical (unpaired) electrons. The zero-order valence-electron chi connectivity index (χ0n) is 8.85. The lowest BCUT2D eigenvalue weighted by molar-refractivity contribution is 0.461. The molecule has 0 saturated heterocycles. The Morgan fingerprint density at radius 2 is 2.23 bits per heavy atom. The first-order valence-corrected chi connectivity index (χ1v) is 5.01. The summed E-state index contributed by atoms with van der Waals surface area (Å²) in [5.41, 5.74) is 1.67. The first-order chi connectivity index (χ1) is 6.17. The SMILES string of the molecule is CCNCCC(C)(C)c1cc[nH]c1. The lowest BCUT2D eigenvalue weighted by Crippen LogP contribution is -2.24. The molecular formula is C11H20N2. The van der Waals surface area contributed by atoms with Crippen LogP contribution in [0.5, 0.6) is 0 Å². The third-order valence-electron chi connectivity index (χ3n) is 2.56. The maximum Gasteiger partial charge on any atom is 0.00428 e. The Morgan fingerprint density at radius 1 is 1.46 bits per heavy atom. The van der Waals surface area contributed by atoms with Crippen LogP contribution in [0.25, 0.3) is 0 Å². The molecule has 1 aromatic rings. The second kappa shape index (κ2) is 4.47. The Labute approximate surface area is 80.7 Å². The maximum absolute atomic E-state index is 3.36. The molecule has 2 N–H and O–H groups in total. The molecule has 0 aliphatic heterocycles. The normalized spacial score (nSPS) is 11.9. The molecule has 2 nitrogen and oxygen atoms in total. The molecule has 0 fully saturated rings. The topological polar surface area (TPSA) is 27.8 Å². The summed E-state index contributed by atoms with van der Waals surface area (Å²) in [7, 11) is 0. The Morgan fingerprint density at radius 3 is 2.77 bits per heavy atom. The third kappa shape index (κ3) is 2.88. The van der Waals surface area contributed by atoms with Crippen LogP contribution >= 0.6 is 0 Å². The predicted molar refractivity (Wildman–Crippen MR) is 57.0 cm³/mol. The van der Waals surface area contributed by atoms with Gasteiger partial charge in [-0.1, -0.05) is 20.8 Å². The van der Waals surface area contributed by atoms with E-state index in [1.807, 2.05) is 6.20 Å². The van der Waals surface area contributed by atoms with Crippen molar-refractivity contribution >= 4 is 0 Å². The van der Waals surface area contributed by atoms with Gasteiger partial charge in [-0.2, -0.15) is 0 Å². The quantitative estimate of drug-likeness (QED) is 0.668. The van der Waals surface area contributed by atoms with Crippen molar-refractivity contribution < 1.29 is 0 Å². The van der Waals surface area contributed by atoms with Gasteiger partial charge >= 0.3 is 0 Å². The Kier molecular flexibility index (Phi) is 3.55. The largest absolute Gasteiger partial charge is 0.367 e. The van der Waals surface area contributed by atoms with Gasteiger partial charge in [-0.15, -0.1) is 0 Å². The molecule has 0 saturated carbocycles. The fourth-order valence-corrected chi connectivity index (χ4v) is 1.47. The summed E-state index contributed by atoms with van der Waals surface area (Å²) in [4.78, 5) is 3.11. The van der Waals surface area contributed by atoms with E-state index in [0.717, 1.165) is 13.1 Å². The number of aromatic nitrogens is 1. The van der Waals surface area contributed by atoms with Crippen molar-refractivity contribution in [3.8, 4) is 0 Å². The number of aromatic amines is 1. The molecule has 0 amide bonds. The molecule has 0 bridgehead atoms. The number of nitrogens with one attached hydrogen (secondary N) is 2.